The van der Waals surface area contributed by atoms with Gasteiger partial charge < -0.3 is 10.4 Å². The molecule has 4 nitrogen and oxygen atoms in total. The van der Waals surface area contributed by atoms with Crippen LogP contribution in [-0.4, -0.2) is 16.0 Å². The van der Waals surface area contributed by atoms with Crippen molar-refractivity contribution < 1.29 is 9.90 Å². The van der Waals surface area contributed by atoms with E-state index in [1.54, 1.807) is 18.3 Å². The average Bonchev–Trinajstić information content (AvgIpc) is 2.55. The molecule has 0 bridgehead atoms. The summed E-state index contributed by atoms with van der Waals surface area (Å²) in [6, 6.07) is 14.5. The lowest BCUT2D eigenvalue weighted by atomic mass is 9.87. The molecule has 0 radical (unpaired) electrons. The van der Waals surface area contributed by atoms with Crippen molar-refractivity contribution >= 4 is 22.5 Å². The third-order valence-electron chi connectivity index (χ3n) is 4.00. The summed E-state index contributed by atoms with van der Waals surface area (Å²) in [6.07, 6.45) is 1.61. The Hall–Kier alpha value is -2.88. The van der Waals surface area contributed by atoms with E-state index in [9.17, 15) is 9.90 Å². The summed E-state index contributed by atoms with van der Waals surface area (Å²) in [5.74, 6) is -0.218. The molecule has 1 aromatic heterocycles. The van der Waals surface area contributed by atoms with Gasteiger partial charge in [0.2, 0.25) is 0 Å². The van der Waals surface area contributed by atoms with E-state index >= 15 is 0 Å². The normalized spacial score (nSPS) is 11.5. The lowest BCUT2D eigenvalue weighted by Gasteiger charge is -2.20. The van der Waals surface area contributed by atoms with Gasteiger partial charge in [-0.2, -0.15) is 0 Å². The van der Waals surface area contributed by atoms with Gasteiger partial charge in [0.05, 0.1) is 16.8 Å². The first-order valence-electron chi connectivity index (χ1n) is 7.85. The van der Waals surface area contributed by atoms with E-state index in [4.69, 9.17) is 0 Å². The lowest BCUT2D eigenvalue weighted by molar-refractivity contribution is 0.102. The zero-order valence-corrected chi connectivity index (χ0v) is 14.0. The van der Waals surface area contributed by atoms with Crippen molar-refractivity contribution in [1.29, 1.82) is 0 Å². The number of aromatic hydroxyl groups is 1. The molecule has 122 valence electrons. The molecule has 0 aliphatic carbocycles. The number of anilines is 1. The van der Waals surface area contributed by atoms with Crippen LogP contribution in [-0.2, 0) is 5.41 Å². The predicted molar refractivity (Wildman–Crippen MR) is 96.5 cm³/mol. The van der Waals surface area contributed by atoms with Crippen molar-refractivity contribution in [1.82, 2.24) is 4.98 Å². The molecule has 1 heterocycles. The van der Waals surface area contributed by atoms with E-state index < -0.39 is 0 Å². The Morgan fingerprint density at radius 3 is 2.58 bits per heavy atom. The number of amides is 1. The minimum Gasteiger partial charge on any atom is -0.506 e. The number of rotatable bonds is 2. The molecule has 0 aliphatic rings. The Bertz CT molecular complexity index is 906. The SMILES string of the molecule is CC(C)(C)c1ccc(O)c(NC(=O)c2ccnc3ccccc23)c1. The first-order valence-corrected chi connectivity index (χ1v) is 7.85. The standard InChI is InChI=1S/C20H20N2O2/c1-20(2,3)13-8-9-18(23)17(12-13)22-19(24)15-10-11-21-16-7-5-4-6-14(15)16/h4-12,23H,1-3H3,(H,22,24). The zero-order chi connectivity index (χ0) is 17.3. The Morgan fingerprint density at radius 2 is 1.83 bits per heavy atom. The second kappa shape index (κ2) is 5.96. The van der Waals surface area contributed by atoms with Gasteiger partial charge in [-0.25, -0.2) is 0 Å². The van der Waals surface area contributed by atoms with Crippen LogP contribution in [0.5, 0.6) is 5.75 Å². The van der Waals surface area contributed by atoms with Crippen LogP contribution in [0.25, 0.3) is 10.9 Å². The summed E-state index contributed by atoms with van der Waals surface area (Å²) in [5, 5.41) is 13.7. The second-order valence-corrected chi connectivity index (χ2v) is 6.81. The number of nitrogens with one attached hydrogen (secondary N) is 1. The molecule has 3 rings (SSSR count). The number of phenols is 1. The summed E-state index contributed by atoms with van der Waals surface area (Å²) in [6.45, 7) is 6.25. The number of carbonyl (C=O) groups excluding carboxylic acids is 1. The highest BCUT2D eigenvalue weighted by Crippen LogP contribution is 2.31. The summed E-state index contributed by atoms with van der Waals surface area (Å²) < 4.78 is 0. The molecule has 4 heteroatoms. The van der Waals surface area contributed by atoms with Crippen LogP contribution in [0.1, 0.15) is 36.7 Å². The van der Waals surface area contributed by atoms with Crippen molar-refractivity contribution in [2.75, 3.05) is 5.32 Å². The van der Waals surface area contributed by atoms with Crippen LogP contribution in [0, 0.1) is 0 Å². The molecule has 1 amide bonds. The lowest BCUT2D eigenvalue weighted by Crippen LogP contribution is -2.15. The van der Waals surface area contributed by atoms with Gasteiger partial charge >= 0.3 is 0 Å². The number of aromatic nitrogens is 1. The van der Waals surface area contributed by atoms with Crippen LogP contribution in [0.2, 0.25) is 0 Å². The minimum absolute atomic E-state index is 0.0507. The van der Waals surface area contributed by atoms with E-state index in [0.29, 0.717) is 11.3 Å². The molecule has 2 aromatic carbocycles. The topological polar surface area (TPSA) is 62.2 Å². The molecular weight excluding hydrogens is 300 g/mol. The smallest absolute Gasteiger partial charge is 0.256 e. The second-order valence-electron chi connectivity index (χ2n) is 6.81. The molecule has 0 unspecified atom stereocenters. The van der Waals surface area contributed by atoms with Crippen molar-refractivity contribution in [3.8, 4) is 5.75 Å². The molecule has 3 aromatic rings. The molecule has 0 saturated heterocycles. The van der Waals surface area contributed by atoms with Gasteiger partial charge in [-0.1, -0.05) is 45.0 Å². The third-order valence-corrected chi connectivity index (χ3v) is 4.00. The molecule has 0 atom stereocenters. The fourth-order valence-corrected chi connectivity index (χ4v) is 2.59. The van der Waals surface area contributed by atoms with Gasteiger partial charge in [0.15, 0.2) is 0 Å². The summed E-state index contributed by atoms with van der Waals surface area (Å²) >= 11 is 0. The van der Waals surface area contributed by atoms with Gasteiger partial charge in [0.1, 0.15) is 5.75 Å². The Kier molecular flexibility index (Phi) is 3.97. The number of nitrogens with zero attached hydrogens (tertiary/aromatic N) is 1. The highest BCUT2D eigenvalue weighted by atomic mass is 16.3. The van der Waals surface area contributed by atoms with Gasteiger partial charge in [0, 0.05) is 11.6 Å². The highest BCUT2D eigenvalue weighted by molar-refractivity contribution is 6.12. The Morgan fingerprint density at radius 1 is 1.08 bits per heavy atom. The molecule has 0 spiro atoms. The molecule has 24 heavy (non-hydrogen) atoms. The predicted octanol–water partition coefficient (Wildman–Crippen LogP) is 4.49. The largest absolute Gasteiger partial charge is 0.506 e. The maximum Gasteiger partial charge on any atom is 0.256 e. The van der Waals surface area contributed by atoms with E-state index in [2.05, 4.69) is 31.1 Å². The number of para-hydroxylation sites is 1. The van der Waals surface area contributed by atoms with E-state index in [1.807, 2.05) is 36.4 Å². The monoisotopic (exact) mass is 320 g/mol. The number of phenolic OH excluding ortho intramolecular Hbond substituents is 1. The maximum atomic E-state index is 12.7. The average molecular weight is 320 g/mol. The molecule has 0 aliphatic heterocycles. The third kappa shape index (κ3) is 3.08. The van der Waals surface area contributed by atoms with Gasteiger partial charge in [0.25, 0.3) is 5.91 Å². The number of hydrogen-bond acceptors (Lipinski definition) is 3. The number of hydrogen-bond donors (Lipinski definition) is 2. The van der Waals surface area contributed by atoms with Crippen molar-refractivity contribution in [2.45, 2.75) is 26.2 Å². The van der Waals surface area contributed by atoms with Gasteiger partial charge in [-0.15, -0.1) is 0 Å². The first kappa shape index (κ1) is 16.0. The van der Waals surface area contributed by atoms with Crippen LogP contribution in [0.4, 0.5) is 5.69 Å². The van der Waals surface area contributed by atoms with E-state index in [1.165, 1.54) is 0 Å². The zero-order valence-electron chi connectivity index (χ0n) is 14.0. The molecule has 0 fully saturated rings. The summed E-state index contributed by atoms with van der Waals surface area (Å²) in [7, 11) is 0. The molecule has 2 N–H and O–H groups in total. The van der Waals surface area contributed by atoms with E-state index in [0.717, 1.165) is 16.5 Å². The molecule has 0 saturated carbocycles. The Labute approximate surface area is 141 Å². The summed E-state index contributed by atoms with van der Waals surface area (Å²) in [4.78, 5) is 17.0. The number of pyridine rings is 1. The highest BCUT2D eigenvalue weighted by Gasteiger charge is 2.17. The minimum atomic E-state index is -0.269. The van der Waals surface area contributed by atoms with Gasteiger partial charge in [-0.05, 0) is 35.2 Å². The van der Waals surface area contributed by atoms with Crippen molar-refractivity contribution in [2.24, 2.45) is 0 Å². The van der Waals surface area contributed by atoms with Crippen molar-refractivity contribution in [3.05, 3.63) is 65.9 Å². The maximum absolute atomic E-state index is 12.7. The number of fused-ring (bicyclic) bond motifs is 1. The van der Waals surface area contributed by atoms with Crippen LogP contribution >= 0.6 is 0 Å². The van der Waals surface area contributed by atoms with Crippen molar-refractivity contribution in [3.63, 3.8) is 0 Å². The first-order chi connectivity index (χ1) is 11.4. The van der Waals surface area contributed by atoms with Crippen LogP contribution in [0.15, 0.2) is 54.7 Å². The van der Waals surface area contributed by atoms with Crippen LogP contribution < -0.4 is 5.32 Å². The number of benzene rings is 2. The fourth-order valence-electron chi connectivity index (χ4n) is 2.59. The molecular formula is C20H20N2O2. The van der Waals surface area contributed by atoms with E-state index in [-0.39, 0.29) is 17.1 Å². The van der Waals surface area contributed by atoms with Gasteiger partial charge in [-0.3, -0.25) is 9.78 Å². The van der Waals surface area contributed by atoms with Crippen LogP contribution in [0.3, 0.4) is 0 Å². The Balaban J connectivity index is 1.98. The quantitative estimate of drug-likeness (QED) is 0.684. The summed E-state index contributed by atoms with van der Waals surface area (Å²) in [5.41, 5.74) is 2.67. The fraction of sp³-hybridized carbons (Fsp3) is 0.200. The number of carbonyl (C=O) groups is 1.